The van der Waals surface area contributed by atoms with Gasteiger partial charge in [-0.25, -0.2) is 9.78 Å². The molecule has 3 nitrogen and oxygen atoms in total. The van der Waals surface area contributed by atoms with Crippen LogP contribution in [0.25, 0.3) is 21.5 Å². The van der Waals surface area contributed by atoms with Crippen molar-refractivity contribution in [1.82, 2.24) is 4.98 Å². The first-order valence-electron chi connectivity index (χ1n) is 7.00. The molecule has 2 aromatic heterocycles. The number of carboxylic acids is 1. The lowest BCUT2D eigenvalue weighted by molar-refractivity contribution is -0.136. The van der Waals surface area contributed by atoms with Crippen LogP contribution in [0.2, 0.25) is 0 Å². The number of rotatable bonds is 2. The molecule has 0 fully saturated rings. The van der Waals surface area contributed by atoms with Crippen molar-refractivity contribution in [3.63, 3.8) is 0 Å². The first-order chi connectivity index (χ1) is 11.2. The summed E-state index contributed by atoms with van der Waals surface area (Å²) in [6.45, 7) is 3.26. The quantitative estimate of drug-likeness (QED) is 0.682. The van der Waals surface area contributed by atoms with Crippen LogP contribution in [0.3, 0.4) is 0 Å². The van der Waals surface area contributed by atoms with E-state index in [1.54, 1.807) is 24.3 Å². The van der Waals surface area contributed by atoms with E-state index in [2.05, 4.69) is 4.98 Å². The molecule has 2 heterocycles. The Morgan fingerprint density at radius 3 is 2.33 bits per heavy atom. The molecule has 7 heteroatoms. The van der Waals surface area contributed by atoms with Gasteiger partial charge in [0.15, 0.2) is 0 Å². The Kier molecular flexibility index (Phi) is 3.83. The van der Waals surface area contributed by atoms with Gasteiger partial charge in [0.1, 0.15) is 9.71 Å². The van der Waals surface area contributed by atoms with Gasteiger partial charge in [-0.2, -0.15) is 13.2 Å². The predicted octanol–water partition coefficient (Wildman–Crippen LogP) is 5.30. The average Bonchev–Trinajstić information content (AvgIpc) is 2.83. The van der Waals surface area contributed by atoms with Gasteiger partial charge in [-0.3, -0.25) is 0 Å². The van der Waals surface area contributed by atoms with Crippen molar-refractivity contribution < 1.29 is 23.1 Å². The van der Waals surface area contributed by atoms with E-state index in [-0.39, 0.29) is 26.4 Å². The van der Waals surface area contributed by atoms with E-state index < -0.39 is 17.7 Å². The van der Waals surface area contributed by atoms with Crippen molar-refractivity contribution in [1.29, 1.82) is 0 Å². The highest BCUT2D eigenvalue weighted by Gasteiger charge is 2.35. The number of alkyl halides is 3. The van der Waals surface area contributed by atoms with E-state index in [4.69, 9.17) is 0 Å². The molecule has 0 bridgehead atoms. The number of carboxylic acid groups (broad SMARTS) is 1. The first kappa shape index (κ1) is 16.4. The Hall–Kier alpha value is -2.41. The molecule has 0 atom stereocenters. The van der Waals surface area contributed by atoms with Gasteiger partial charge >= 0.3 is 12.1 Å². The molecule has 0 spiro atoms. The smallest absolute Gasteiger partial charge is 0.417 e. The SMILES string of the molecule is Cc1ccc(-c2cc(C(F)(F)F)c3c(C)c(C(=O)O)sc3n2)cc1. The number of hydrogen-bond donors (Lipinski definition) is 1. The van der Waals surface area contributed by atoms with Gasteiger partial charge < -0.3 is 5.11 Å². The Labute approximate surface area is 139 Å². The molecule has 0 radical (unpaired) electrons. The van der Waals surface area contributed by atoms with Gasteiger partial charge in [0.25, 0.3) is 0 Å². The van der Waals surface area contributed by atoms with Crippen LogP contribution in [0, 0.1) is 13.8 Å². The van der Waals surface area contributed by atoms with E-state index in [9.17, 15) is 23.1 Å². The summed E-state index contributed by atoms with van der Waals surface area (Å²) in [7, 11) is 0. The van der Waals surface area contributed by atoms with E-state index in [1.807, 2.05) is 6.92 Å². The summed E-state index contributed by atoms with van der Waals surface area (Å²) in [6.07, 6.45) is -4.59. The van der Waals surface area contributed by atoms with Crippen molar-refractivity contribution in [3.8, 4) is 11.3 Å². The highest BCUT2D eigenvalue weighted by atomic mass is 32.1. The lowest BCUT2D eigenvalue weighted by atomic mass is 10.0. The van der Waals surface area contributed by atoms with Gasteiger partial charge in [0, 0.05) is 10.9 Å². The number of hydrogen-bond acceptors (Lipinski definition) is 3. The van der Waals surface area contributed by atoms with E-state index in [0.29, 0.717) is 5.56 Å². The summed E-state index contributed by atoms with van der Waals surface area (Å²) in [5, 5.41) is 9.04. The molecule has 0 saturated carbocycles. The van der Waals surface area contributed by atoms with E-state index in [0.717, 1.165) is 23.0 Å². The minimum atomic E-state index is -4.59. The second-order valence-corrected chi connectivity index (χ2v) is 6.46. The van der Waals surface area contributed by atoms with Gasteiger partial charge in [-0.1, -0.05) is 29.8 Å². The standard InChI is InChI=1S/C17H12F3NO2S/c1-8-3-5-10(6-4-8)12-7-11(17(18,19)20)13-9(2)14(16(22)23)24-15(13)21-12/h3-7H,1-2H3,(H,22,23). The topological polar surface area (TPSA) is 50.2 Å². The van der Waals surface area contributed by atoms with Gasteiger partial charge in [-0.15, -0.1) is 11.3 Å². The number of aromatic nitrogens is 1. The van der Waals surface area contributed by atoms with Crippen molar-refractivity contribution in [2.75, 3.05) is 0 Å². The van der Waals surface area contributed by atoms with Crippen LogP contribution in [-0.2, 0) is 6.18 Å². The number of carbonyl (C=O) groups is 1. The van der Waals surface area contributed by atoms with Gasteiger partial charge in [0.2, 0.25) is 0 Å². The maximum Gasteiger partial charge on any atom is 0.417 e. The van der Waals surface area contributed by atoms with Crippen LogP contribution in [0.15, 0.2) is 30.3 Å². The number of benzene rings is 1. The molecule has 3 rings (SSSR count). The third-order valence-corrected chi connectivity index (χ3v) is 4.92. The Morgan fingerprint density at radius 2 is 1.79 bits per heavy atom. The molecular formula is C17H12F3NO2S. The molecule has 1 N–H and O–H groups in total. The molecule has 0 aliphatic rings. The lowest BCUT2D eigenvalue weighted by Gasteiger charge is -2.11. The van der Waals surface area contributed by atoms with Crippen molar-refractivity contribution in [2.24, 2.45) is 0 Å². The number of pyridine rings is 1. The van der Waals surface area contributed by atoms with Crippen LogP contribution in [0.4, 0.5) is 13.2 Å². The number of nitrogens with zero attached hydrogens (tertiary/aromatic N) is 1. The number of aromatic carboxylic acids is 1. The first-order valence-corrected chi connectivity index (χ1v) is 7.82. The summed E-state index contributed by atoms with van der Waals surface area (Å²) in [4.78, 5) is 15.5. The Balaban J connectivity index is 2.34. The van der Waals surface area contributed by atoms with Gasteiger partial charge in [-0.05, 0) is 25.5 Å². The molecule has 24 heavy (non-hydrogen) atoms. The van der Waals surface area contributed by atoms with Crippen molar-refractivity contribution >= 4 is 27.5 Å². The third kappa shape index (κ3) is 2.75. The van der Waals surface area contributed by atoms with Crippen molar-refractivity contribution in [2.45, 2.75) is 20.0 Å². The van der Waals surface area contributed by atoms with E-state index in [1.165, 1.54) is 6.92 Å². The zero-order chi connectivity index (χ0) is 17.6. The lowest BCUT2D eigenvalue weighted by Crippen LogP contribution is -2.07. The van der Waals surface area contributed by atoms with Crippen LogP contribution in [-0.4, -0.2) is 16.1 Å². The highest BCUT2D eigenvalue weighted by Crippen LogP contribution is 2.41. The molecule has 0 unspecified atom stereocenters. The molecular weight excluding hydrogens is 339 g/mol. The second-order valence-electron chi connectivity index (χ2n) is 5.46. The summed E-state index contributed by atoms with van der Waals surface area (Å²) < 4.78 is 40.5. The van der Waals surface area contributed by atoms with Crippen LogP contribution in [0.1, 0.15) is 26.4 Å². The van der Waals surface area contributed by atoms with Crippen molar-refractivity contribution in [3.05, 3.63) is 51.9 Å². The van der Waals surface area contributed by atoms with E-state index >= 15 is 0 Å². The average molecular weight is 351 g/mol. The largest absolute Gasteiger partial charge is 0.477 e. The molecule has 3 aromatic rings. The maximum absolute atomic E-state index is 13.5. The fourth-order valence-electron chi connectivity index (χ4n) is 2.54. The fraction of sp³-hybridized carbons (Fsp3) is 0.176. The predicted molar refractivity (Wildman–Crippen MR) is 86.5 cm³/mol. The third-order valence-electron chi connectivity index (χ3n) is 3.75. The fourth-order valence-corrected chi connectivity index (χ4v) is 3.59. The minimum absolute atomic E-state index is 0.0790. The highest BCUT2D eigenvalue weighted by molar-refractivity contribution is 7.20. The van der Waals surface area contributed by atoms with Crippen LogP contribution in [0.5, 0.6) is 0 Å². The monoisotopic (exact) mass is 351 g/mol. The summed E-state index contributed by atoms with van der Waals surface area (Å²) in [5.74, 6) is -1.25. The second kappa shape index (κ2) is 5.59. The van der Waals surface area contributed by atoms with Gasteiger partial charge in [0.05, 0.1) is 11.3 Å². The Bertz CT molecular complexity index is 943. The minimum Gasteiger partial charge on any atom is -0.477 e. The molecule has 1 aromatic carbocycles. The normalized spacial score (nSPS) is 11.9. The number of aryl methyl sites for hydroxylation is 2. The molecule has 0 amide bonds. The summed E-state index contributed by atoms with van der Waals surface area (Å²) in [5.41, 5.74) is 0.946. The number of fused-ring (bicyclic) bond motifs is 1. The zero-order valence-corrected chi connectivity index (χ0v) is 13.5. The molecule has 0 aliphatic heterocycles. The Morgan fingerprint density at radius 1 is 1.17 bits per heavy atom. The molecule has 0 saturated heterocycles. The number of thiophene rings is 1. The number of halogens is 3. The van der Waals surface area contributed by atoms with Crippen LogP contribution < -0.4 is 0 Å². The molecule has 0 aliphatic carbocycles. The zero-order valence-electron chi connectivity index (χ0n) is 12.7. The molecule has 124 valence electrons. The summed E-state index contributed by atoms with van der Waals surface area (Å²) in [6, 6.07) is 7.95. The van der Waals surface area contributed by atoms with Crippen LogP contribution >= 0.6 is 11.3 Å². The summed E-state index contributed by atoms with van der Waals surface area (Å²) >= 11 is 0.764. The maximum atomic E-state index is 13.5.